The van der Waals surface area contributed by atoms with Crippen LogP contribution < -0.4 is 5.73 Å². The fourth-order valence-electron chi connectivity index (χ4n) is 2.21. The molecule has 2 atom stereocenters. The number of hydrogen-bond donors (Lipinski definition) is 1. The van der Waals surface area contributed by atoms with Gasteiger partial charge in [-0.15, -0.1) is 0 Å². The zero-order valence-corrected chi connectivity index (χ0v) is 11.2. The molecule has 0 bridgehead atoms. The van der Waals surface area contributed by atoms with E-state index in [9.17, 15) is 0 Å². The molecule has 1 aromatic carbocycles. The summed E-state index contributed by atoms with van der Waals surface area (Å²) in [5.41, 5.74) is 7.51. The highest BCUT2D eigenvalue weighted by atomic mass is 35.5. The van der Waals surface area contributed by atoms with Gasteiger partial charge >= 0.3 is 0 Å². The van der Waals surface area contributed by atoms with E-state index in [1.54, 1.807) is 0 Å². The Kier molecular flexibility index (Phi) is 3.83. The fraction of sp³-hybridized carbons (Fsp3) is 0.538. The smallest absolute Gasteiger partial charge is 0.0438 e. The molecule has 0 spiro atoms. The maximum Gasteiger partial charge on any atom is 0.0438 e. The summed E-state index contributed by atoms with van der Waals surface area (Å²) < 4.78 is 0.235. The number of nitrogens with two attached hydrogens (primary N) is 1. The number of halogens is 1. The normalized spacial score (nSPS) is 26.9. The molecule has 1 nitrogen and oxygen atoms in total. The Morgan fingerprint density at radius 2 is 2.25 bits per heavy atom. The van der Waals surface area contributed by atoms with Crippen molar-refractivity contribution in [1.82, 2.24) is 0 Å². The highest BCUT2D eigenvalue weighted by Gasteiger charge is 2.35. The molecule has 0 aliphatic carbocycles. The molecule has 0 saturated carbocycles. The van der Waals surface area contributed by atoms with Gasteiger partial charge in [-0.25, -0.2) is 0 Å². The predicted molar refractivity (Wildman–Crippen MR) is 73.2 cm³/mol. The molecule has 1 aliphatic rings. The molecule has 2 N–H and O–H groups in total. The van der Waals surface area contributed by atoms with Crippen molar-refractivity contribution >= 4 is 23.4 Å². The minimum Gasteiger partial charge on any atom is -0.326 e. The second-order valence-electron chi connectivity index (χ2n) is 4.67. The third-order valence-electron chi connectivity index (χ3n) is 3.43. The molecular formula is C13H18ClNS. The Hall–Kier alpha value is -0.180. The molecule has 1 saturated heterocycles. The van der Waals surface area contributed by atoms with E-state index in [1.165, 1.54) is 24.2 Å². The highest BCUT2D eigenvalue weighted by Crippen LogP contribution is 2.40. The number of benzene rings is 1. The fourth-order valence-corrected chi connectivity index (χ4v) is 3.76. The highest BCUT2D eigenvalue weighted by molar-refractivity contribution is 8.00. The quantitative estimate of drug-likeness (QED) is 0.895. The molecule has 2 rings (SSSR count). The summed E-state index contributed by atoms with van der Waals surface area (Å²) in [6, 6.07) is 8.19. The number of rotatable bonds is 3. The molecule has 1 fully saturated rings. The predicted octanol–water partition coefficient (Wildman–Crippen LogP) is 3.50. The van der Waals surface area contributed by atoms with Crippen molar-refractivity contribution in [2.45, 2.75) is 37.0 Å². The Morgan fingerprint density at radius 3 is 2.88 bits per heavy atom. The van der Waals surface area contributed by atoms with E-state index in [0.717, 1.165) is 11.4 Å². The molecule has 1 heterocycles. The van der Waals surface area contributed by atoms with Gasteiger partial charge in [-0.2, -0.15) is 11.8 Å². The maximum atomic E-state index is 6.33. The molecule has 1 aliphatic heterocycles. The average Bonchev–Trinajstić information content (AvgIpc) is 2.70. The first kappa shape index (κ1) is 12.3. The molecule has 2 unspecified atom stereocenters. The van der Waals surface area contributed by atoms with Crippen molar-refractivity contribution < 1.29 is 0 Å². The largest absolute Gasteiger partial charge is 0.326 e. The topological polar surface area (TPSA) is 26.0 Å². The van der Waals surface area contributed by atoms with E-state index in [-0.39, 0.29) is 10.8 Å². The lowest BCUT2D eigenvalue weighted by Gasteiger charge is -2.30. The maximum absolute atomic E-state index is 6.33. The summed E-state index contributed by atoms with van der Waals surface area (Å²) in [4.78, 5) is 0. The number of hydrogen-bond acceptors (Lipinski definition) is 2. The third kappa shape index (κ3) is 2.55. The van der Waals surface area contributed by atoms with Crippen molar-refractivity contribution in [2.75, 3.05) is 5.75 Å². The van der Waals surface area contributed by atoms with Crippen LogP contribution in [0, 0.1) is 0 Å². The first-order chi connectivity index (χ1) is 7.62. The van der Waals surface area contributed by atoms with Gasteiger partial charge in [0.25, 0.3) is 0 Å². The van der Waals surface area contributed by atoms with Gasteiger partial charge in [0, 0.05) is 15.8 Å². The van der Waals surface area contributed by atoms with Crippen LogP contribution in [0.4, 0.5) is 0 Å². The molecule has 88 valence electrons. The first-order valence-electron chi connectivity index (χ1n) is 5.75. The SMILES string of the molecule is CC1(C(N)Cc2ccccc2Cl)CCCS1. The molecule has 3 heteroatoms. The zero-order chi connectivity index (χ0) is 11.6. The Labute approximate surface area is 107 Å². The van der Waals surface area contributed by atoms with E-state index >= 15 is 0 Å². The summed E-state index contributed by atoms with van der Waals surface area (Å²) in [5.74, 6) is 1.24. The van der Waals surface area contributed by atoms with E-state index in [2.05, 4.69) is 13.0 Å². The first-order valence-corrected chi connectivity index (χ1v) is 7.11. The van der Waals surface area contributed by atoms with E-state index < -0.39 is 0 Å². The third-order valence-corrected chi connectivity index (χ3v) is 5.46. The van der Waals surface area contributed by atoms with Crippen LogP contribution in [0.3, 0.4) is 0 Å². The van der Waals surface area contributed by atoms with Crippen molar-refractivity contribution in [3.63, 3.8) is 0 Å². The lowest BCUT2D eigenvalue weighted by atomic mass is 9.91. The Morgan fingerprint density at radius 1 is 1.50 bits per heavy atom. The van der Waals surface area contributed by atoms with Crippen LogP contribution in [-0.2, 0) is 6.42 Å². The van der Waals surface area contributed by atoms with Crippen LogP contribution in [0.1, 0.15) is 25.3 Å². The Bertz CT molecular complexity index is 361. The summed E-state index contributed by atoms with van der Waals surface area (Å²) in [5, 5.41) is 0.838. The van der Waals surface area contributed by atoms with Crippen molar-refractivity contribution in [3.8, 4) is 0 Å². The van der Waals surface area contributed by atoms with Gasteiger partial charge in [-0.3, -0.25) is 0 Å². The van der Waals surface area contributed by atoms with Gasteiger partial charge in [0.1, 0.15) is 0 Å². The molecule has 0 radical (unpaired) electrons. The molecule has 1 aromatic rings. The van der Waals surface area contributed by atoms with Crippen molar-refractivity contribution in [1.29, 1.82) is 0 Å². The van der Waals surface area contributed by atoms with Crippen LogP contribution >= 0.6 is 23.4 Å². The van der Waals surface area contributed by atoms with Gasteiger partial charge in [-0.05, 0) is 43.6 Å². The monoisotopic (exact) mass is 255 g/mol. The molecular weight excluding hydrogens is 238 g/mol. The van der Waals surface area contributed by atoms with Crippen LogP contribution in [0.2, 0.25) is 5.02 Å². The van der Waals surface area contributed by atoms with Crippen molar-refractivity contribution in [3.05, 3.63) is 34.9 Å². The summed E-state index contributed by atoms with van der Waals surface area (Å²) in [7, 11) is 0. The lowest BCUT2D eigenvalue weighted by Crippen LogP contribution is -2.42. The van der Waals surface area contributed by atoms with Crippen LogP contribution in [0.25, 0.3) is 0 Å². The van der Waals surface area contributed by atoms with E-state index in [0.29, 0.717) is 0 Å². The van der Waals surface area contributed by atoms with Gasteiger partial charge in [-0.1, -0.05) is 29.8 Å². The van der Waals surface area contributed by atoms with E-state index in [1.807, 2.05) is 30.0 Å². The van der Waals surface area contributed by atoms with Crippen molar-refractivity contribution in [2.24, 2.45) is 5.73 Å². The standard InChI is InChI=1S/C13H18ClNS/c1-13(7-4-8-16-13)12(15)9-10-5-2-3-6-11(10)14/h2-3,5-6,12H,4,7-9,15H2,1H3. The minimum absolute atomic E-state index is 0.194. The lowest BCUT2D eigenvalue weighted by molar-refractivity contribution is 0.482. The average molecular weight is 256 g/mol. The minimum atomic E-state index is 0.194. The zero-order valence-electron chi connectivity index (χ0n) is 9.58. The molecule has 16 heavy (non-hydrogen) atoms. The van der Waals surface area contributed by atoms with E-state index in [4.69, 9.17) is 17.3 Å². The second-order valence-corrected chi connectivity index (χ2v) is 6.70. The summed E-state index contributed by atoms with van der Waals surface area (Å²) >= 11 is 8.17. The van der Waals surface area contributed by atoms with Gasteiger partial charge in [0.2, 0.25) is 0 Å². The van der Waals surface area contributed by atoms with Crippen LogP contribution in [0.15, 0.2) is 24.3 Å². The summed E-state index contributed by atoms with van der Waals surface area (Å²) in [6.07, 6.45) is 3.39. The van der Waals surface area contributed by atoms with Gasteiger partial charge in [0.05, 0.1) is 0 Å². The second kappa shape index (κ2) is 4.99. The van der Waals surface area contributed by atoms with Crippen LogP contribution in [0.5, 0.6) is 0 Å². The molecule has 0 amide bonds. The van der Waals surface area contributed by atoms with Crippen LogP contribution in [-0.4, -0.2) is 16.5 Å². The summed E-state index contributed by atoms with van der Waals surface area (Å²) in [6.45, 7) is 2.28. The molecule has 0 aromatic heterocycles. The van der Waals surface area contributed by atoms with Gasteiger partial charge in [0.15, 0.2) is 0 Å². The Balaban J connectivity index is 2.07. The number of thioether (sulfide) groups is 1. The van der Waals surface area contributed by atoms with Gasteiger partial charge < -0.3 is 5.73 Å².